The summed E-state index contributed by atoms with van der Waals surface area (Å²) in [6.07, 6.45) is 2.81. The van der Waals surface area contributed by atoms with Gasteiger partial charge in [0.2, 0.25) is 0 Å². The molecule has 7 aromatic rings. The first-order valence-corrected chi connectivity index (χ1v) is 21.7. The average Bonchev–Trinajstić information content (AvgIpc) is 3.86. The number of rotatable bonds is 5. The van der Waals surface area contributed by atoms with Crippen molar-refractivity contribution < 1.29 is 19.4 Å². The zero-order valence-corrected chi connectivity index (χ0v) is 35.2. The van der Waals surface area contributed by atoms with Crippen LogP contribution in [0.1, 0.15) is 50.8 Å². The van der Waals surface area contributed by atoms with Crippen LogP contribution in [-0.4, -0.2) is 68.0 Å². The van der Waals surface area contributed by atoms with Gasteiger partial charge in [0.1, 0.15) is 29.5 Å². The first kappa shape index (κ1) is 39.1. The van der Waals surface area contributed by atoms with Crippen molar-refractivity contribution >= 4 is 56.7 Å². The van der Waals surface area contributed by atoms with Crippen molar-refractivity contribution in [3.8, 4) is 22.6 Å². The predicted octanol–water partition coefficient (Wildman–Crippen LogP) is 9.13. The number of carbonyl (C=O) groups is 1. The smallest absolute Gasteiger partial charge is 0.352 e. The van der Waals surface area contributed by atoms with Gasteiger partial charge in [0.25, 0.3) is 0 Å². The van der Waals surface area contributed by atoms with Gasteiger partial charge in [-0.15, -0.1) is 24.9 Å². The second-order valence-corrected chi connectivity index (χ2v) is 16.7. The van der Waals surface area contributed by atoms with Gasteiger partial charge in [0.15, 0.2) is 0 Å². The maximum atomic E-state index is 13.1. The lowest BCUT2D eigenvalue weighted by Gasteiger charge is -2.36. The maximum absolute atomic E-state index is 13.1. The topological polar surface area (TPSA) is 114 Å². The highest BCUT2D eigenvalue weighted by molar-refractivity contribution is 7.97. The van der Waals surface area contributed by atoms with Crippen LogP contribution in [0.25, 0.3) is 38.1 Å². The summed E-state index contributed by atoms with van der Waals surface area (Å²) in [6, 6.07) is 26.9. The second-order valence-electron chi connectivity index (χ2n) is 15.4. The molecule has 0 saturated carbocycles. The van der Waals surface area contributed by atoms with E-state index in [0.29, 0.717) is 36.0 Å². The third-order valence-electron chi connectivity index (χ3n) is 11.6. The van der Waals surface area contributed by atoms with Crippen LogP contribution in [0.3, 0.4) is 0 Å². The van der Waals surface area contributed by atoms with Gasteiger partial charge >= 0.3 is 5.97 Å². The Kier molecular flexibility index (Phi) is 11.0. The van der Waals surface area contributed by atoms with Gasteiger partial charge in [-0.2, -0.15) is 10.2 Å². The number of aryl methyl sites for hydroxylation is 6. The molecule has 9 rings (SSSR count). The van der Waals surface area contributed by atoms with Crippen LogP contribution in [0, 0.1) is 0 Å². The highest BCUT2D eigenvalue weighted by atomic mass is 35.5. The zero-order chi connectivity index (χ0) is 40.6. The number of halogens is 1. The first-order chi connectivity index (χ1) is 28.7. The van der Waals surface area contributed by atoms with Gasteiger partial charge in [-0.1, -0.05) is 48.0 Å². The van der Waals surface area contributed by atoms with E-state index in [4.69, 9.17) is 31.3 Å². The summed E-state index contributed by atoms with van der Waals surface area (Å²) in [5.74, 6) is 1.90. The minimum Gasteiger partial charge on any atom is -0.659 e. The van der Waals surface area contributed by atoms with Gasteiger partial charge in [-0.25, -0.2) is 4.79 Å². The van der Waals surface area contributed by atoms with Crippen LogP contribution < -0.4 is 14.4 Å². The Morgan fingerprint density at radius 2 is 1.71 bits per heavy atom. The van der Waals surface area contributed by atoms with Crippen LogP contribution in [0.4, 0.5) is 5.69 Å². The molecular formula is C46H47ClN7O4S-. The van der Waals surface area contributed by atoms with E-state index in [2.05, 4.69) is 58.7 Å². The van der Waals surface area contributed by atoms with E-state index in [9.17, 15) is 9.90 Å². The van der Waals surface area contributed by atoms with Crippen LogP contribution in [-0.2, 0) is 58.5 Å². The summed E-state index contributed by atoms with van der Waals surface area (Å²) in [7, 11) is 5.79. The van der Waals surface area contributed by atoms with Gasteiger partial charge < -0.3 is 29.4 Å². The average molecular weight is 829 g/mol. The lowest BCUT2D eigenvalue weighted by Crippen LogP contribution is -2.33. The number of hydrogen-bond donors (Lipinski definition) is 1. The summed E-state index contributed by atoms with van der Waals surface area (Å²) in [5, 5.41) is 28.7. The number of hydrogen-bond acceptors (Lipinski definition) is 7. The molecule has 304 valence electrons. The van der Waals surface area contributed by atoms with Crippen molar-refractivity contribution in [2.75, 3.05) is 37.7 Å². The normalized spacial score (nSPS) is 15.2. The Morgan fingerprint density at radius 1 is 0.898 bits per heavy atom. The number of thioether (sulfide) groups is 1. The van der Waals surface area contributed by atoms with Crippen LogP contribution in [0.2, 0.25) is 5.02 Å². The van der Waals surface area contributed by atoms with E-state index in [1.807, 2.05) is 60.8 Å². The standard InChI is InChI=1S/C46H47ClN7O4S/c1-51-44-37-16-17-38(47)42(44)43-39(26-58-34-14-12-32(13-15-34)54-20-18-48-19-21-54)50-53(3)40(43)28-59-27-31-25-33(52(2)49-31)11-10-29-23-30-7-4-5-8-35(30)41(24-29)57-22-6-9-36(37)45(51)46(55)56/h4-5,7-8,12-17,23-25H,6,9-11,18-22,26-28H2,1-3H3,(H,55,56)/q-1. The van der Waals surface area contributed by atoms with Gasteiger partial charge in [-0.3, -0.25) is 9.36 Å². The molecule has 2 aliphatic heterocycles. The molecule has 0 amide bonds. The highest BCUT2D eigenvalue weighted by Gasteiger charge is 2.28. The Labute approximate surface area is 352 Å². The zero-order valence-electron chi connectivity index (χ0n) is 33.6. The number of benzene rings is 4. The molecule has 11 nitrogen and oxygen atoms in total. The van der Waals surface area contributed by atoms with Crippen molar-refractivity contribution in [3.63, 3.8) is 0 Å². The van der Waals surface area contributed by atoms with Crippen molar-refractivity contribution in [2.24, 2.45) is 21.1 Å². The summed E-state index contributed by atoms with van der Waals surface area (Å²) in [6.45, 7) is 4.14. The van der Waals surface area contributed by atoms with Crippen LogP contribution in [0.15, 0.2) is 78.9 Å². The Morgan fingerprint density at radius 3 is 2.53 bits per heavy atom. The molecular weight excluding hydrogens is 782 g/mol. The number of fused-ring (bicyclic) bond motifs is 8. The molecule has 0 aliphatic carbocycles. The number of nitrogens with zero attached hydrogens (tertiary/aromatic N) is 7. The molecule has 1 saturated heterocycles. The molecule has 2 aliphatic rings. The summed E-state index contributed by atoms with van der Waals surface area (Å²) < 4.78 is 18.7. The molecule has 0 unspecified atom stereocenters. The van der Waals surface area contributed by atoms with Crippen molar-refractivity contribution in [3.05, 3.63) is 129 Å². The Hall–Kier alpha value is -5.43. The fourth-order valence-electron chi connectivity index (χ4n) is 8.74. The molecule has 59 heavy (non-hydrogen) atoms. The Bertz CT molecular complexity index is 2680. The van der Waals surface area contributed by atoms with Crippen molar-refractivity contribution in [2.45, 2.75) is 43.8 Å². The molecule has 1 fully saturated rings. The number of aromatic carboxylic acids is 1. The fraction of sp³-hybridized carbons (Fsp3) is 0.326. The monoisotopic (exact) mass is 828 g/mol. The number of aromatic nitrogens is 5. The highest BCUT2D eigenvalue weighted by Crippen LogP contribution is 2.43. The molecule has 3 aromatic heterocycles. The van der Waals surface area contributed by atoms with E-state index in [1.54, 1.807) is 16.3 Å². The lowest BCUT2D eigenvalue weighted by molar-refractivity contribution is 0.0685. The van der Waals surface area contributed by atoms with Crippen molar-refractivity contribution in [1.29, 1.82) is 0 Å². The number of anilines is 1. The van der Waals surface area contributed by atoms with E-state index in [0.717, 1.165) is 112 Å². The van der Waals surface area contributed by atoms with Gasteiger partial charge in [0.05, 0.1) is 28.5 Å². The van der Waals surface area contributed by atoms with E-state index >= 15 is 0 Å². The molecule has 13 heteroatoms. The lowest BCUT2D eigenvalue weighted by atomic mass is 9.98. The number of carboxylic acid groups (broad SMARTS) is 1. The fourth-order valence-corrected chi connectivity index (χ4v) is 9.96. The molecule has 0 spiro atoms. The molecule has 0 atom stereocenters. The summed E-state index contributed by atoms with van der Waals surface area (Å²) in [5.41, 5.74) is 9.58. The summed E-state index contributed by atoms with van der Waals surface area (Å²) >= 11 is 9.00. The Balaban J connectivity index is 1.12. The van der Waals surface area contributed by atoms with E-state index < -0.39 is 5.97 Å². The summed E-state index contributed by atoms with van der Waals surface area (Å²) in [4.78, 5) is 15.4. The first-order valence-electron chi connectivity index (χ1n) is 20.2. The van der Waals surface area contributed by atoms with E-state index in [-0.39, 0.29) is 12.3 Å². The maximum Gasteiger partial charge on any atom is 0.352 e. The minimum absolute atomic E-state index is 0.196. The second kappa shape index (κ2) is 16.7. The van der Waals surface area contributed by atoms with Crippen LogP contribution >= 0.6 is 23.4 Å². The van der Waals surface area contributed by atoms with Crippen molar-refractivity contribution in [1.82, 2.24) is 24.1 Å². The third kappa shape index (κ3) is 7.77. The molecule has 0 radical (unpaired) electrons. The number of carboxylic acids is 1. The molecule has 4 aromatic carbocycles. The molecule has 8 bridgehead atoms. The number of ether oxygens (including phenoxy) is 2. The minimum atomic E-state index is -0.988. The predicted molar refractivity (Wildman–Crippen MR) is 237 cm³/mol. The molecule has 5 heterocycles. The molecule has 1 N–H and O–H groups in total. The van der Waals surface area contributed by atoms with E-state index in [1.165, 1.54) is 11.3 Å². The third-order valence-corrected chi connectivity index (χ3v) is 12.9. The van der Waals surface area contributed by atoms with Crippen LogP contribution in [0.5, 0.6) is 11.5 Å². The quantitative estimate of drug-likeness (QED) is 0.183. The SMILES string of the molecule is Cn1nc2cc1CCc1cc(c3ccccc3c1)OCCCc1c(C(=O)O)n(C)c3c(c(Cl)ccc13)-c1c(COc3ccc(N4CC[N-]CC4)cc3)nn(C)c1CSC2. The largest absolute Gasteiger partial charge is 0.659 e. The van der Waals surface area contributed by atoms with Gasteiger partial charge in [-0.05, 0) is 97.8 Å². The van der Waals surface area contributed by atoms with Gasteiger partial charge in [0, 0.05) is 65.9 Å². The number of piperazine rings is 1.